The highest BCUT2D eigenvalue weighted by Gasteiger charge is 2.51. The van der Waals surface area contributed by atoms with Gasteiger partial charge in [0.25, 0.3) is 5.91 Å². The number of rotatable bonds is 5. The van der Waals surface area contributed by atoms with Crippen LogP contribution in [0.25, 0.3) is 0 Å². The molecule has 1 amide bonds. The number of nitrogens with zero attached hydrogens (tertiary/aromatic N) is 3. The number of likely N-dealkylation sites (tertiary alicyclic amines) is 2. The maximum Gasteiger partial charge on any atom is 0.490 e. The van der Waals surface area contributed by atoms with Gasteiger partial charge in [-0.05, 0) is 69.3 Å². The van der Waals surface area contributed by atoms with E-state index in [1.165, 1.54) is 19.3 Å². The third-order valence-electron chi connectivity index (χ3n) is 6.49. The summed E-state index contributed by atoms with van der Waals surface area (Å²) in [6, 6.07) is 9.10. The first-order valence-corrected chi connectivity index (χ1v) is 10.9. The molecule has 2 aliphatic heterocycles. The largest absolute Gasteiger partial charge is 0.490 e. The van der Waals surface area contributed by atoms with Crippen LogP contribution in [0.4, 0.5) is 13.2 Å². The summed E-state index contributed by atoms with van der Waals surface area (Å²) in [7, 11) is 2.18. The van der Waals surface area contributed by atoms with Gasteiger partial charge in [-0.1, -0.05) is 6.07 Å². The van der Waals surface area contributed by atoms with Crippen molar-refractivity contribution in [3.63, 3.8) is 0 Å². The van der Waals surface area contributed by atoms with Crippen LogP contribution in [0.5, 0.6) is 0 Å². The number of carboxylic acid groups (broad SMARTS) is 1. The highest BCUT2D eigenvalue weighted by atomic mass is 19.4. The number of aliphatic carboxylic acids is 1. The van der Waals surface area contributed by atoms with Crippen molar-refractivity contribution in [1.82, 2.24) is 9.80 Å². The number of carbonyl (C=O) groups excluding carboxylic acids is 1. The molecule has 10 heteroatoms. The first kappa shape index (κ1) is 25.0. The Morgan fingerprint density at radius 1 is 1.21 bits per heavy atom. The van der Waals surface area contributed by atoms with E-state index in [0.29, 0.717) is 17.0 Å². The molecule has 2 saturated heterocycles. The summed E-state index contributed by atoms with van der Waals surface area (Å²) in [4.78, 5) is 26.0. The molecule has 7 nitrogen and oxygen atoms in total. The average Bonchev–Trinajstić information content (AvgIpc) is 3.57. The highest BCUT2D eigenvalue weighted by molar-refractivity contribution is 5.95. The number of piperidine rings is 1. The number of hydrogen-bond donors (Lipinski definition) is 1. The number of halogens is 3. The number of amides is 1. The predicted molar refractivity (Wildman–Crippen MR) is 112 cm³/mol. The van der Waals surface area contributed by atoms with Gasteiger partial charge in [-0.15, -0.1) is 0 Å². The molecule has 3 aliphatic rings. The number of ether oxygens (including phenoxy) is 1. The van der Waals surface area contributed by atoms with Crippen molar-refractivity contribution >= 4 is 11.9 Å². The number of benzene rings is 1. The number of carbonyl (C=O) groups is 2. The summed E-state index contributed by atoms with van der Waals surface area (Å²) in [5, 5.41) is 16.2. The third kappa shape index (κ3) is 6.45. The minimum absolute atomic E-state index is 0.0354. The second-order valence-corrected chi connectivity index (χ2v) is 9.14. The normalized spacial score (nSPS) is 22.0. The van der Waals surface area contributed by atoms with Crippen molar-refractivity contribution < 1.29 is 32.6 Å². The average molecular weight is 467 g/mol. The molecule has 3 fully saturated rings. The molecule has 1 aromatic carbocycles. The molecule has 0 radical (unpaired) electrons. The zero-order valence-corrected chi connectivity index (χ0v) is 18.5. The van der Waals surface area contributed by atoms with Crippen LogP contribution in [0, 0.1) is 23.2 Å². The van der Waals surface area contributed by atoms with Gasteiger partial charge >= 0.3 is 12.1 Å². The third-order valence-corrected chi connectivity index (χ3v) is 6.49. The van der Waals surface area contributed by atoms with Crippen molar-refractivity contribution in [2.75, 3.05) is 39.9 Å². The lowest BCUT2D eigenvalue weighted by Gasteiger charge is -2.58. The topological polar surface area (TPSA) is 93.9 Å². The second-order valence-electron chi connectivity index (χ2n) is 9.14. The maximum absolute atomic E-state index is 12.7. The van der Waals surface area contributed by atoms with Crippen LogP contribution in [0.3, 0.4) is 0 Å². The van der Waals surface area contributed by atoms with Gasteiger partial charge in [0.1, 0.15) is 0 Å². The van der Waals surface area contributed by atoms with Crippen LogP contribution in [-0.4, -0.2) is 78.4 Å². The Labute approximate surface area is 190 Å². The lowest BCUT2D eigenvalue weighted by atomic mass is 9.75. The Hall–Kier alpha value is -2.64. The van der Waals surface area contributed by atoms with Crippen LogP contribution < -0.4 is 0 Å². The summed E-state index contributed by atoms with van der Waals surface area (Å²) in [5.41, 5.74) is 1.25. The lowest BCUT2D eigenvalue weighted by Crippen LogP contribution is -2.72. The molecule has 1 N–H and O–H groups in total. The smallest absolute Gasteiger partial charge is 0.475 e. The van der Waals surface area contributed by atoms with Gasteiger partial charge in [0.05, 0.1) is 17.2 Å². The van der Waals surface area contributed by atoms with E-state index in [-0.39, 0.29) is 11.4 Å². The van der Waals surface area contributed by atoms with E-state index < -0.39 is 12.1 Å². The quantitative estimate of drug-likeness (QED) is 0.715. The van der Waals surface area contributed by atoms with E-state index in [2.05, 4.69) is 18.0 Å². The number of carboxylic acids is 1. The van der Waals surface area contributed by atoms with Gasteiger partial charge in [-0.3, -0.25) is 9.69 Å². The highest BCUT2D eigenvalue weighted by Crippen LogP contribution is 2.39. The summed E-state index contributed by atoms with van der Waals surface area (Å²) in [5.74, 6) is -1.30. The monoisotopic (exact) mass is 467 g/mol. The van der Waals surface area contributed by atoms with Crippen molar-refractivity contribution in [3.8, 4) is 6.07 Å². The minimum atomic E-state index is -5.08. The van der Waals surface area contributed by atoms with E-state index in [1.807, 2.05) is 4.90 Å². The SMILES string of the molecule is CN1CCC(COCC2CC2)CC12CN(C(=O)c1cccc(C#N)c1)C2.O=C(O)C(F)(F)F. The van der Waals surface area contributed by atoms with Crippen LogP contribution >= 0.6 is 0 Å². The fourth-order valence-corrected chi connectivity index (χ4v) is 4.32. The first-order valence-electron chi connectivity index (χ1n) is 10.9. The molecule has 1 atom stereocenters. The molecule has 0 bridgehead atoms. The summed E-state index contributed by atoms with van der Waals surface area (Å²) < 4.78 is 37.7. The number of nitriles is 1. The molecule has 1 unspecified atom stereocenters. The molecule has 1 aliphatic carbocycles. The van der Waals surface area contributed by atoms with Gasteiger partial charge in [0, 0.05) is 31.9 Å². The second kappa shape index (κ2) is 10.1. The van der Waals surface area contributed by atoms with Crippen molar-refractivity contribution in [2.45, 2.75) is 37.4 Å². The Morgan fingerprint density at radius 2 is 1.85 bits per heavy atom. The fourth-order valence-electron chi connectivity index (χ4n) is 4.32. The summed E-state index contributed by atoms with van der Waals surface area (Å²) in [6.07, 6.45) is -0.125. The molecule has 4 rings (SSSR count). The predicted octanol–water partition coefficient (Wildman–Crippen LogP) is 3.15. The molecule has 1 aromatic rings. The molecule has 0 aromatic heterocycles. The Morgan fingerprint density at radius 3 is 2.42 bits per heavy atom. The van der Waals surface area contributed by atoms with E-state index in [9.17, 15) is 18.0 Å². The molecule has 1 saturated carbocycles. The van der Waals surface area contributed by atoms with Gasteiger partial charge in [0.2, 0.25) is 0 Å². The van der Waals surface area contributed by atoms with Gasteiger partial charge in [0.15, 0.2) is 0 Å². The Bertz CT molecular complexity index is 905. The number of hydrogen-bond acceptors (Lipinski definition) is 5. The Kier molecular flexibility index (Phi) is 7.65. The molecule has 1 spiro atoms. The van der Waals surface area contributed by atoms with Crippen LogP contribution in [0.15, 0.2) is 24.3 Å². The lowest BCUT2D eigenvalue weighted by molar-refractivity contribution is -0.192. The van der Waals surface area contributed by atoms with Gasteiger partial charge < -0.3 is 14.7 Å². The summed E-state index contributed by atoms with van der Waals surface area (Å²) in [6.45, 7) is 4.42. The van der Waals surface area contributed by atoms with Gasteiger partial charge in [-0.2, -0.15) is 18.4 Å². The standard InChI is InChI=1S/C21H27N3O2.C2HF3O2/c1-23-8-7-18(13-26-12-16-5-6-16)10-21(23)14-24(15-21)20(25)19-4-2-3-17(9-19)11-22;3-2(4,5)1(6)7/h2-4,9,16,18H,5-8,10,12-15H2,1H3;(H,6,7). The van der Waals surface area contributed by atoms with E-state index in [1.54, 1.807) is 24.3 Å². The van der Waals surface area contributed by atoms with E-state index in [4.69, 9.17) is 19.9 Å². The molecular formula is C23H28F3N3O4. The van der Waals surface area contributed by atoms with Crippen LogP contribution in [-0.2, 0) is 9.53 Å². The van der Waals surface area contributed by atoms with Gasteiger partial charge in [-0.25, -0.2) is 4.79 Å². The molecular weight excluding hydrogens is 439 g/mol. The van der Waals surface area contributed by atoms with Crippen LogP contribution in [0.1, 0.15) is 41.6 Å². The van der Waals surface area contributed by atoms with Crippen molar-refractivity contribution in [3.05, 3.63) is 35.4 Å². The number of alkyl halides is 3. The van der Waals surface area contributed by atoms with Crippen molar-refractivity contribution in [1.29, 1.82) is 5.26 Å². The fraction of sp³-hybridized carbons (Fsp3) is 0.609. The minimum Gasteiger partial charge on any atom is -0.475 e. The zero-order valence-electron chi connectivity index (χ0n) is 18.5. The molecule has 2 heterocycles. The number of likely N-dealkylation sites (N-methyl/N-ethyl adjacent to an activating group) is 1. The Balaban J connectivity index is 0.000000383. The van der Waals surface area contributed by atoms with Crippen LogP contribution in [0.2, 0.25) is 0 Å². The zero-order chi connectivity index (χ0) is 24.2. The first-order chi connectivity index (χ1) is 15.5. The maximum atomic E-state index is 12.7. The summed E-state index contributed by atoms with van der Waals surface area (Å²) >= 11 is 0. The molecule has 33 heavy (non-hydrogen) atoms. The van der Waals surface area contributed by atoms with Crippen molar-refractivity contribution in [2.24, 2.45) is 11.8 Å². The molecule has 180 valence electrons. The van der Waals surface area contributed by atoms with E-state index >= 15 is 0 Å². The van der Waals surface area contributed by atoms with E-state index in [0.717, 1.165) is 45.2 Å².